The van der Waals surface area contributed by atoms with Crippen molar-refractivity contribution in [2.45, 2.75) is 45.4 Å². The number of hydrogen-bond acceptors (Lipinski definition) is 5. The SMILES string of the molecule is C#CCN1C(=O)COc2cc(F)c(N3C(=O)C4=C(CCCC4)C3=O)cc21.CC(C)c1ccc(NC(=O)N(C)C)cc1. The molecule has 2 aromatic rings. The molecule has 0 aromatic heterocycles. The number of urea groups is 1. The number of benzene rings is 2. The van der Waals surface area contributed by atoms with Crippen LogP contribution >= 0.6 is 0 Å². The topological polar surface area (TPSA) is 99.3 Å². The molecule has 1 aliphatic carbocycles. The minimum atomic E-state index is -0.764. The molecule has 0 saturated heterocycles. The van der Waals surface area contributed by atoms with E-state index in [0.29, 0.717) is 29.9 Å². The summed E-state index contributed by atoms with van der Waals surface area (Å²) in [6, 6.07) is 10.2. The van der Waals surface area contributed by atoms with Gasteiger partial charge in [0.25, 0.3) is 17.7 Å². The number of terminal acetylenes is 1. The molecular formula is C31H33FN4O5. The Kier molecular flexibility index (Phi) is 8.77. The highest BCUT2D eigenvalue weighted by Crippen LogP contribution is 2.41. The van der Waals surface area contributed by atoms with E-state index in [1.807, 2.05) is 24.3 Å². The van der Waals surface area contributed by atoms with Crippen molar-refractivity contribution in [3.63, 3.8) is 0 Å². The van der Waals surface area contributed by atoms with Gasteiger partial charge in [0, 0.05) is 37.0 Å². The highest BCUT2D eigenvalue weighted by molar-refractivity contribution is 6.33. The number of anilines is 3. The molecule has 0 spiro atoms. The number of nitrogens with one attached hydrogen (secondary N) is 1. The second-order valence-corrected chi connectivity index (χ2v) is 10.5. The summed E-state index contributed by atoms with van der Waals surface area (Å²) in [5.74, 6) is 0.923. The van der Waals surface area contributed by atoms with Crippen LogP contribution in [0.1, 0.15) is 51.0 Å². The van der Waals surface area contributed by atoms with Gasteiger partial charge < -0.3 is 15.0 Å². The van der Waals surface area contributed by atoms with E-state index in [4.69, 9.17) is 11.2 Å². The third kappa shape index (κ3) is 6.09. The van der Waals surface area contributed by atoms with Crippen molar-refractivity contribution in [1.82, 2.24) is 4.90 Å². The molecule has 2 aliphatic heterocycles. The zero-order valence-corrected chi connectivity index (χ0v) is 23.6. The number of imide groups is 1. The second kappa shape index (κ2) is 12.3. The maximum Gasteiger partial charge on any atom is 0.321 e. The fourth-order valence-electron chi connectivity index (χ4n) is 4.79. The number of nitrogens with zero attached hydrogens (tertiary/aromatic N) is 3. The lowest BCUT2D eigenvalue weighted by Gasteiger charge is -2.29. The first kappa shape index (κ1) is 29.3. The lowest BCUT2D eigenvalue weighted by molar-refractivity contribution is -0.121. The van der Waals surface area contributed by atoms with Crippen molar-refractivity contribution in [2.24, 2.45) is 0 Å². The Labute approximate surface area is 238 Å². The fraction of sp³-hybridized carbons (Fsp3) is 0.355. The molecular weight excluding hydrogens is 527 g/mol. The number of rotatable bonds is 4. The minimum Gasteiger partial charge on any atom is -0.481 e. The molecule has 10 heteroatoms. The van der Waals surface area contributed by atoms with Crippen LogP contribution in [-0.4, -0.2) is 55.9 Å². The standard InChI is InChI=1S/C19H15FN2O4.C12H18N2O/c1-2-7-21-15-9-14(13(20)8-16(15)26-10-17(21)23)22-18(24)11-5-3-4-6-12(11)19(22)25;1-9(2)10-5-7-11(8-6-10)13-12(15)14(3)4/h1,8-9H,3-7,10H2;5-9H,1-4H3,(H,13,15). The molecule has 0 saturated carbocycles. The van der Waals surface area contributed by atoms with E-state index >= 15 is 0 Å². The first-order valence-corrected chi connectivity index (χ1v) is 13.4. The third-order valence-electron chi connectivity index (χ3n) is 7.09. The molecule has 5 rings (SSSR count). The van der Waals surface area contributed by atoms with Crippen LogP contribution in [0.3, 0.4) is 0 Å². The number of hydrogen-bond donors (Lipinski definition) is 1. The first-order chi connectivity index (χ1) is 19.5. The van der Waals surface area contributed by atoms with Gasteiger partial charge in [0.1, 0.15) is 5.75 Å². The molecule has 5 amide bonds. The van der Waals surface area contributed by atoms with Gasteiger partial charge in [-0.25, -0.2) is 14.1 Å². The number of ether oxygens (including phenoxy) is 1. The van der Waals surface area contributed by atoms with E-state index in [-0.39, 0.29) is 42.2 Å². The average Bonchev–Trinajstić information content (AvgIpc) is 3.20. The van der Waals surface area contributed by atoms with Crippen LogP contribution in [-0.2, 0) is 14.4 Å². The summed E-state index contributed by atoms with van der Waals surface area (Å²) >= 11 is 0. The van der Waals surface area contributed by atoms with Crippen molar-refractivity contribution in [3.05, 3.63) is 58.9 Å². The summed E-state index contributed by atoms with van der Waals surface area (Å²) in [5, 5.41) is 2.79. The molecule has 214 valence electrons. The molecule has 1 N–H and O–H groups in total. The predicted molar refractivity (Wildman–Crippen MR) is 154 cm³/mol. The molecule has 0 bridgehead atoms. The molecule has 0 unspecified atom stereocenters. The maximum atomic E-state index is 14.7. The van der Waals surface area contributed by atoms with Crippen LogP contribution in [0.15, 0.2) is 47.5 Å². The molecule has 0 atom stereocenters. The van der Waals surface area contributed by atoms with Crippen LogP contribution in [0.25, 0.3) is 0 Å². The largest absolute Gasteiger partial charge is 0.481 e. The van der Waals surface area contributed by atoms with Crippen LogP contribution in [0, 0.1) is 18.2 Å². The summed E-state index contributed by atoms with van der Waals surface area (Å²) in [7, 11) is 3.44. The van der Waals surface area contributed by atoms with E-state index in [0.717, 1.165) is 29.5 Å². The Morgan fingerprint density at radius 1 is 1.05 bits per heavy atom. The van der Waals surface area contributed by atoms with E-state index in [2.05, 4.69) is 25.1 Å². The van der Waals surface area contributed by atoms with E-state index < -0.39 is 17.6 Å². The summed E-state index contributed by atoms with van der Waals surface area (Å²) in [6.45, 7) is 4.03. The van der Waals surface area contributed by atoms with Gasteiger partial charge >= 0.3 is 6.03 Å². The van der Waals surface area contributed by atoms with E-state index in [1.165, 1.54) is 21.4 Å². The van der Waals surface area contributed by atoms with Gasteiger partial charge in [-0.15, -0.1) is 6.42 Å². The molecule has 9 nitrogen and oxygen atoms in total. The fourth-order valence-corrected chi connectivity index (χ4v) is 4.79. The Hall–Kier alpha value is -4.65. The Morgan fingerprint density at radius 2 is 1.66 bits per heavy atom. The summed E-state index contributed by atoms with van der Waals surface area (Å²) in [6.07, 6.45) is 8.01. The molecule has 2 heterocycles. The van der Waals surface area contributed by atoms with Gasteiger partial charge in [-0.1, -0.05) is 31.9 Å². The van der Waals surface area contributed by atoms with Crippen LogP contribution < -0.4 is 19.9 Å². The normalized spacial score (nSPS) is 16.0. The van der Waals surface area contributed by atoms with Crippen molar-refractivity contribution >= 4 is 40.8 Å². The van der Waals surface area contributed by atoms with E-state index in [9.17, 15) is 23.6 Å². The van der Waals surface area contributed by atoms with Gasteiger partial charge in [-0.05, 0) is 55.4 Å². The smallest absolute Gasteiger partial charge is 0.321 e. The number of fused-ring (bicyclic) bond motifs is 1. The lowest BCUT2D eigenvalue weighted by atomic mass is 9.93. The average molecular weight is 561 g/mol. The summed E-state index contributed by atoms with van der Waals surface area (Å²) in [5.41, 5.74) is 3.10. The van der Waals surface area contributed by atoms with Gasteiger partial charge in [0.2, 0.25) is 0 Å². The van der Waals surface area contributed by atoms with Crippen LogP contribution in [0.5, 0.6) is 5.75 Å². The highest BCUT2D eigenvalue weighted by atomic mass is 19.1. The van der Waals surface area contributed by atoms with Crippen molar-refractivity contribution in [3.8, 4) is 18.1 Å². The minimum absolute atomic E-state index is 0.0170. The summed E-state index contributed by atoms with van der Waals surface area (Å²) in [4.78, 5) is 52.4. The Balaban J connectivity index is 0.000000221. The van der Waals surface area contributed by atoms with Crippen molar-refractivity contribution < 1.29 is 28.3 Å². The summed E-state index contributed by atoms with van der Waals surface area (Å²) < 4.78 is 19.9. The van der Waals surface area contributed by atoms with Crippen LogP contribution in [0.4, 0.5) is 26.2 Å². The second-order valence-electron chi connectivity index (χ2n) is 10.5. The zero-order chi connectivity index (χ0) is 29.8. The third-order valence-corrected chi connectivity index (χ3v) is 7.09. The molecule has 2 aromatic carbocycles. The Bertz CT molecular complexity index is 1430. The van der Waals surface area contributed by atoms with E-state index in [1.54, 1.807) is 14.1 Å². The maximum absolute atomic E-state index is 14.7. The van der Waals surface area contributed by atoms with Gasteiger partial charge in [0.05, 0.1) is 17.9 Å². The number of halogens is 1. The molecule has 0 fully saturated rings. The van der Waals surface area contributed by atoms with Gasteiger partial charge in [-0.3, -0.25) is 19.3 Å². The van der Waals surface area contributed by atoms with Gasteiger partial charge in [0.15, 0.2) is 12.4 Å². The highest BCUT2D eigenvalue weighted by Gasteiger charge is 2.41. The van der Waals surface area contributed by atoms with Crippen LogP contribution in [0.2, 0.25) is 0 Å². The van der Waals surface area contributed by atoms with Crippen molar-refractivity contribution in [1.29, 1.82) is 0 Å². The number of amides is 5. The zero-order valence-electron chi connectivity index (χ0n) is 23.6. The molecule has 3 aliphatic rings. The van der Waals surface area contributed by atoms with Gasteiger partial charge in [-0.2, -0.15) is 0 Å². The predicted octanol–water partition coefficient (Wildman–Crippen LogP) is 4.83. The first-order valence-electron chi connectivity index (χ1n) is 13.4. The quantitative estimate of drug-likeness (QED) is 0.427. The number of carbonyl (C=O) groups is 4. The molecule has 0 radical (unpaired) electrons. The lowest BCUT2D eigenvalue weighted by Crippen LogP contribution is -2.39. The van der Waals surface area contributed by atoms with Crippen molar-refractivity contribution in [2.75, 3.05) is 42.4 Å². The Morgan fingerprint density at radius 3 is 2.20 bits per heavy atom. The molecule has 41 heavy (non-hydrogen) atoms. The number of carbonyl (C=O) groups excluding carboxylic acids is 4. The monoisotopic (exact) mass is 560 g/mol.